The Labute approximate surface area is 85.5 Å². The molecule has 0 aliphatic carbocycles. The first-order valence-electron chi connectivity index (χ1n) is 3.57. The molecule has 0 amide bonds. The molecule has 0 unspecified atom stereocenters. The Morgan fingerprint density at radius 2 is 1.83 bits per heavy atom. The fraction of sp³-hybridized carbons (Fsp3) is 0. The second-order valence-corrected chi connectivity index (χ2v) is 3.59. The summed E-state index contributed by atoms with van der Waals surface area (Å²) in [5.74, 6) is 0. The van der Waals surface area contributed by atoms with Crippen molar-refractivity contribution in [3.63, 3.8) is 0 Å². The van der Waals surface area contributed by atoms with Crippen LogP contribution in [0.3, 0.4) is 0 Å². The summed E-state index contributed by atoms with van der Waals surface area (Å²) in [4.78, 5) is 3.09. The molecule has 1 rings (SSSR count). The minimum Gasteiger partial charge on any atom is -0.0981 e. The van der Waals surface area contributed by atoms with Crippen LogP contribution in [0.4, 0.5) is 0 Å². The van der Waals surface area contributed by atoms with Crippen molar-refractivity contribution in [1.82, 2.24) is 0 Å². The average Bonchev–Trinajstić information content (AvgIpc) is 2.14. The van der Waals surface area contributed by atoms with E-state index in [2.05, 4.69) is 28.1 Å². The monoisotopic (exact) mass is 240 g/mol. The van der Waals surface area contributed by atoms with Crippen LogP contribution >= 0.6 is 27.7 Å². The smallest absolute Gasteiger partial charge is 0.0116 e. The predicted octanol–water partition coefficient (Wildman–Crippen LogP) is 4.20. The third-order valence-corrected chi connectivity index (χ3v) is 2.35. The summed E-state index contributed by atoms with van der Waals surface area (Å²) >= 11 is 4.90. The molecule has 0 fully saturated rings. The molecule has 0 spiro atoms. The van der Waals surface area contributed by atoms with Gasteiger partial charge in [-0.25, -0.2) is 0 Å². The van der Waals surface area contributed by atoms with Gasteiger partial charge in [0.25, 0.3) is 0 Å². The number of rotatable bonds is 3. The van der Waals surface area contributed by atoms with Gasteiger partial charge in [0.1, 0.15) is 0 Å². The molecule has 0 atom stereocenters. The molecule has 62 valence electrons. The zero-order valence-corrected chi connectivity index (χ0v) is 8.88. The van der Waals surface area contributed by atoms with Gasteiger partial charge in [0.2, 0.25) is 0 Å². The fourth-order valence-electron chi connectivity index (χ4n) is 0.704. The number of hydrogen-bond acceptors (Lipinski definition) is 1. The summed E-state index contributed by atoms with van der Waals surface area (Å²) in [5.41, 5.74) is 0. The van der Waals surface area contributed by atoms with Gasteiger partial charge in [-0.1, -0.05) is 58.0 Å². The van der Waals surface area contributed by atoms with Crippen molar-refractivity contribution in [3.05, 3.63) is 52.9 Å². The van der Waals surface area contributed by atoms with Gasteiger partial charge in [0, 0.05) is 4.90 Å². The van der Waals surface area contributed by atoms with Crippen LogP contribution in [0.2, 0.25) is 0 Å². The highest BCUT2D eigenvalue weighted by atomic mass is 79.9. The molecular formula is C10H9BrS. The molecule has 0 aliphatic heterocycles. The van der Waals surface area contributed by atoms with E-state index in [9.17, 15) is 0 Å². The second-order valence-electron chi connectivity index (χ2n) is 2.08. The maximum Gasteiger partial charge on any atom is 0.0116 e. The van der Waals surface area contributed by atoms with Crippen LogP contribution in [-0.2, 0) is 0 Å². The van der Waals surface area contributed by atoms with E-state index in [1.807, 2.05) is 40.7 Å². The van der Waals surface area contributed by atoms with Gasteiger partial charge in [0.15, 0.2) is 0 Å². The molecule has 2 heteroatoms. The van der Waals surface area contributed by atoms with Crippen LogP contribution in [-0.4, -0.2) is 0 Å². The largest absolute Gasteiger partial charge is 0.0981 e. The standard InChI is InChI=1S/C10H9BrS/c11-8-4-5-9-12-10-6-2-1-3-7-10/h1-9H/b8-4+,9-5+. The van der Waals surface area contributed by atoms with Crippen LogP contribution in [0, 0.1) is 0 Å². The fourth-order valence-corrected chi connectivity index (χ4v) is 1.52. The van der Waals surface area contributed by atoms with Crippen molar-refractivity contribution in [2.45, 2.75) is 4.90 Å². The normalized spacial score (nSPS) is 11.4. The molecule has 0 heterocycles. The summed E-state index contributed by atoms with van der Waals surface area (Å²) in [6.07, 6.45) is 3.93. The first-order chi connectivity index (χ1) is 5.93. The quantitative estimate of drug-likeness (QED) is 0.564. The number of thioether (sulfide) groups is 1. The molecule has 0 aliphatic rings. The van der Waals surface area contributed by atoms with Gasteiger partial charge in [-0.2, -0.15) is 0 Å². The summed E-state index contributed by atoms with van der Waals surface area (Å²) in [7, 11) is 0. The van der Waals surface area contributed by atoms with Gasteiger partial charge in [-0.3, -0.25) is 0 Å². The van der Waals surface area contributed by atoms with Crippen LogP contribution in [0.15, 0.2) is 57.8 Å². The molecule has 0 saturated carbocycles. The van der Waals surface area contributed by atoms with Gasteiger partial charge in [-0.15, -0.1) is 0 Å². The van der Waals surface area contributed by atoms with Gasteiger partial charge in [-0.05, 0) is 22.5 Å². The van der Waals surface area contributed by atoms with Crippen LogP contribution < -0.4 is 0 Å². The topological polar surface area (TPSA) is 0 Å². The Morgan fingerprint density at radius 3 is 2.50 bits per heavy atom. The van der Waals surface area contributed by atoms with Crippen molar-refractivity contribution >= 4 is 27.7 Å². The van der Waals surface area contributed by atoms with E-state index in [1.54, 1.807) is 11.8 Å². The maximum atomic E-state index is 3.19. The highest BCUT2D eigenvalue weighted by Crippen LogP contribution is 2.17. The number of hydrogen-bond donors (Lipinski definition) is 0. The lowest BCUT2D eigenvalue weighted by Gasteiger charge is -1.91. The van der Waals surface area contributed by atoms with Gasteiger partial charge < -0.3 is 0 Å². The van der Waals surface area contributed by atoms with E-state index in [1.165, 1.54) is 4.90 Å². The van der Waals surface area contributed by atoms with Crippen molar-refractivity contribution in [3.8, 4) is 0 Å². The lowest BCUT2D eigenvalue weighted by molar-refractivity contribution is 1.47. The van der Waals surface area contributed by atoms with E-state index >= 15 is 0 Å². The first kappa shape index (κ1) is 9.62. The van der Waals surface area contributed by atoms with E-state index in [-0.39, 0.29) is 0 Å². The number of benzene rings is 1. The summed E-state index contributed by atoms with van der Waals surface area (Å²) in [6.45, 7) is 0. The van der Waals surface area contributed by atoms with Crippen molar-refractivity contribution in [2.75, 3.05) is 0 Å². The Kier molecular flexibility index (Phi) is 4.88. The third kappa shape index (κ3) is 3.79. The van der Waals surface area contributed by atoms with Crippen molar-refractivity contribution < 1.29 is 0 Å². The number of allylic oxidation sites excluding steroid dienone is 2. The van der Waals surface area contributed by atoms with Crippen LogP contribution in [0.5, 0.6) is 0 Å². The van der Waals surface area contributed by atoms with Crippen molar-refractivity contribution in [1.29, 1.82) is 0 Å². The first-order valence-corrected chi connectivity index (χ1v) is 5.36. The molecule has 0 aromatic heterocycles. The maximum absolute atomic E-state index is 3.19. The Bertz CT molecular complexity index is 264. The third-order valence-electron chi connectivity index (χ3n) is 1.21. The SMILES string of the molecule is Br/C=C/C=C/Sc1ccccc1. The molecule has 0 saturated heterocycles. The highest BCUT2D eigenvalue weighted by Gasteiger charge is 1.84. The highest BCUT2D eigenvalue weighted by molar-refractivity contribution is 9.11. The molecule has 1 aromatic rings. The van der Waals surface area contributed by atoms with Crippen LogP contribution in [0.25, 0.3) is 0 Å². The molecule has 0 bridgehead atoms. The van der Waals surface area contributed by atoms with E-state index in [4.69, 9.17) is 0 Å². The lowest BCUT2D eigenvalue weighted by atomic mass is 10.4. The Balaban J connectivity index is 2.43. The predicted molar refractivity (Wildman–Crippen MR) is 59.5 cm³/mol. The minimum absolute atomic E-state index is 1.26. The second kappa shape index (κ2) is 6.09. The Hall–Kier alpha value is -0.470. The van der Waals surface area contributed by atoms with Crippen LogP contribution in [0.1, 0.15) is 0 Å². The van der Waals surface area contributed by atoms with E-state index in [0.29, 0.717) is 0 Å². The van der Waals surface area contributed by atoms with Gasteiger partial charge >= 0.3 is 0 Å². The average molecular weight is 241 g/mol. The number of halogens is 1. The van der Waals surface area contributed by atoms with Gasteiger partial charge in [0.05, 0.1) is 0 Å². The Morgan fingerprint density at radius 1 is 1.08 bits per heavy atom. The minimum atomic E-state index is 1.26. The lowest BCUT2D eigenvalue weighted by Crippen LogP contribution is -1.63. The van der Waals surface area contributed by atoms with E-state index in [0.717, 1.165) is 0 Å². The molecular weight excluding hydrogens is 232 g/mol. The zero-order chi connectivity index (χ0) is 8.65. The summed E-state index contributed by atoms with van der Waals surface area (Å²) in [5, 5.41) is 2.05. The van der Waals surface area contributed by atoms with E-state index < -0.39 is 0 Å². The molecule has 12 heavy (non-hydrogen) atoms. The summed E-state index contributed by atoms with van der Waals surface area (Å²) in [6, 6.07) is 10.3. The summed E-state index contributed by atoms with van der Waals surface area (Å²) < 4.78 is 0. The zero-order valence-electron chi connectivity index (χ0n) is 6.48. The molecule has 0 radical (unpaired) electrons. The van der Waals surface area contributed by atoms with Crippen molar-refractivity contribution in [2.24, 2.45) is 0 Å². The molecule has 0 nitrogen and oxygen atoms in total. The molecule has 1 aromatic carbocycles. The molecule has 0 N–H and O–H groups in total.